The van der Waals surface area contributed by atoms with E-state index in [4.69, 9.17) is 0 Å². The first-order chi connectivity index (χ1) is 7.41. The monoisotopic (exact) mass is 230 g/mol. The molecule has 2 unspecified atom stereocenters. The van der Waals surface area contributed by atoms with Crippen LogP contribution < -0.4 is 0 Å². The van der Waals surface area contributed by atoms with E-state index in [1.54, 1.807) is 26.0 Å². The molecule has 0 heterocycles. The van der Waals surface area contributed by atoms with Crippen molar-refractivity contribution in [2.24, 2.45) is 5.92 Å². The van der Waals surface area contributed by atoms with Crippen molar-refractivity contribution in [1.29, 1.82) is 0 Å². The summed E-state index contributed by atoms with van der Waals surface area (Å²) in [5.41, 5.74) is 2.17. The van der Waals surface area contributed by atoms with Crippen LogP contribution in [-0.4, -0.2) is 12.6 Å². The van der Waals surface area contributed by atoms with Gasteiger partial charge >= 0.3 is 0 Å². The highest BCUT2D eigenvalue weighted by Gasteiger charge is 2.18. The summed E-state index contributed by atoms with van der Waals surface area (Å²) < 4.78 is 38.3. The molecule has 0 nitrogen and oxygen atoms in total. The second kappa shape index (κ2) is 5.37. The van der Waals surface area contributed by atoms with E-state index in [1.807, 2.05) is 0 Å². The van der Waals surface area contributed by atoms with Gasteiger partial charge in [-0.15, -0.1) is 0 Å². The highest BCUT2D eigenvalue weighted by molar-refractivity contribution is 5.39. The topological polar surface area (TPSA) is 0 Å². The number of allylic oxidation sites excluding steroid dienone is 6. The van der Waals surface area contributed by atoms with Gasteiger partial charge in [-0.05, 0) is 43.1 Å². The van der Waals surface area contributed by atoms with E-state index < -0.39 is 18.5 Å². The highest BCUT2D eigenvalue weighted by atomic mass is 19.3. The van der Waals surface area contributed by atoms with Gasteiger partial charge in [-0.3, -0.25) is 0 Å². The van der Waals surface area contributed by atoms with Crippen molar-refractivity contribution >= 4 is 0 Å². The third kappa shape index (κ3) is 3.26. The fourth-order valence-corrected chi connectivity index (χ4v) is 1.58. The predicted octanol–water partition coefficient (Wildman–Crippen LogP) is 4.45. The van der Waals surface area contributed by atoms with Crippen molar-refractivity contribution in [1.82, 2.24) is 0 Å². The van der Waals surface area contributed by atoms with Crippen molar-refractivity contribution < 1.29 is 13.2 Å². The summed E-state index contributed by atoms with van der Waals surface area (Å²) in [5.74, 6) is -0.695. The number of hydrogen-bond donors (Lipinski definition) is 0. The van der Waals surface area contributed by atoms with Crippen molar-refractivity contribution in [3.05, 3.63) is 34.9 Å². The van der Waals surface area contributed by atoms with Gasteiger partial charge in [0.1, 0.15) is 6.17 Å². The lowest BCUT2D eigenvalue weighted by Gasteiger charge is -2.13. The third-order valence-electron chi connectivity index (χ3n) is 2.86. The minimum Gasteiger partial charge on any atom is -0.238 e. The Morgan fingerprint density at radius 1 is 1.25 bits per heavy atom. The lowest BCUT2D eigenvalue weighted by atomic mass is 9.96. The first-order valence-corrected chi connectivity index (χ1v) is 5.40. The Bertz CT molecular complexity index is 337. The fraction of sp³-hybridized carbons (Fsp3) is 0.538. The molecule has 0 N–H and O–H groups in total. The summed E-state index contributed by atoms with van der Waals surface area (Å²) >= 11 is 0. The molecular formula is C13H17F3. The van der Waals surface area contributed by atoms with Crippen LogP contribution in [0.5, 0.6) is 0 Å². The molecule has 2 atom stereocenters. The van der Waals surface area contributed by atoms with Crippen LogP contribution in [-0.2, 0) is 0 Å². The van der Waals surface area contributed by atoms with Gasteiger partial charge < -0.3 is 0 Å². The molecule has 1 aliphatic carbocycles. The van der Waals surface area contributed by atoms with E-state index in [0.717, 1.165) is 11.1 Å². The van der Waals surface area contributed by atoms with Gasteiger partial charge in [0.2, 0.25) is 6.43 Å². The number of hydrogen-bond acceptors (Lipinski definition) is 0. The van der Waals surface area contributed by atoms with E-state index in [0.29, 0.717) is 5.57 Å². The molecule has 90 valence electrons. The maximum Gasteiger partial charge on any atom is 0.241 e. The molecule has 0 saturated carbocycles. The van der Waals surface area contributed by atoms with Crippen LogP contribution in [0.3, 0.4) is 0 Å². The Morgan fingerprint density at radius 2 is 1.88 bits per heavy atom. The van der Waals surface area contributed by atoms with E-state index in [-0.39, 0.29) is 6.42 Å². The predicted molar refractivity (Wildman–Crippen MR) is 60.3 cm³/mol. The molecule has 3 heteroatoms. The van der Waals surface area contributed by atoms with E-state index in [2.05, 4.69) is 0 Å². The number of rotatable bonds is 3. The highest BCUT2D eigenvalue weighted by Crippen LogP contribution is 2.27. The van der Waals surface area contributed by atoms with Crippen LogP contribution >= 0.6 is 0 Å². The summed E-state index contributed by atoms with van der Waals surface area (Å²) in [5, 5.41) is 0. The molecule has 0 spiro atoms. The van der Waals surface area contributed by atoms with Gasteiger partial charge in [-0.2, -0.15) is 0 Å². The average Bonchev–Trinajstić information content (AvgIpc) is 2.31. The number of halogens is 3. The molecule has 0 fully saturated rings. The van der Waals surface area contributed by atoms with E-state index >= 15 is 0 Å². The molecule has 0 amide bonds. The average molecular weight is 230 g/mol. The Balaban J connectivity index is 2.84. The van der Waals surface area contributed by atoms with E-state index in [9.17, 15) is 13.2 Å². The van der Waals surface area contributed by atoms with Crippen LogP contribution in [0, 0.1) is 5.92 Å². The molecule has 0 aromatic heterocycles. The zero-order valence-corrected chi connectivity index (χ0v) is 9.81. The van der Waals surface area contributed by atoms with Crippen LogP contribution in [0.15, 0.2) is 34.9 Å². The maximum absolute atomic E-state index is 13.4. The molecule has 0 aromatic carbocycles. The zero-order chi connectivity index (χ0) is 12.3. The summed E-state index contributed by atoms with van der Waals surface area (Å²) in [6.07, 6.45) is 1.77. The molecular weight excluding hydrogens is 213 g/mol. The fourth-order valence-electron chi connectivity index (χ4n) is 1.58. The van der Waals surface area contributed by atoms with Crippen LogP contribution in [0.25, 0.3) is 0 Å². The van der Waals surface area contributed by atoms with Crippen LogP contribution in [0.4, 0.5) is 13.2 Å². The number of alkyl halides is 3. The van der Waals surface area contributed by atoms with Crippen molar-refractivity contribution in [3.8, 4) is 0 Å². The summed E-state index contributed by atoms with van der Waals surface area (Å²) in [6.45, 7) is 4.97. The Kier molecular flexibility index (Phi) is 4.39. The molecule has 1 aliphatic rings. The first-order valence-electron chi connectivity index (χ1n) is 5.40. The molecule has 0 radical (unpaired) electrons. The standard InChI is InChI=1S/C13H17F3/c1-8-4-5-11(6-10(3)13(15)16)9(2)7-12(8)14/h4-5,7,10,12-13H,6H2,1-3H3. The van der Waals surface area contributed by atoms with Gasteiger partial charge in [0.05, 0.1) is 0 Å². The van der Waals surface area contributed by atoms with Crippen molar-refractivity contribution in [2.75, 3.05) is 0 Å². The van der Waals surface area contributed by atoms with Crippen LogP contribution in [0.1, 0.15) is 27.2 Å². The second-order valence-corrected chi connectivity index (χ2v) is 4.37. The maximum atomic E-state index is 13.4. The Labute approximate surface area is 94.5 Å². The van der Waals surface area contributed by atoms with Gasteiger partial charge in [-0.25, -0.2) is 13.2 Å². The van der Waals surface area contributed by atoms with Gasteiger partial charge in [0.15, 0.2) is 0 Å². The van der Waals surface area contributed by atoms with Crippen molar-refractivity contribution in [3.63, 3.8) is 0 Å². The SMILES string of the molecule is CC1=CC(F)C(C)=CC=C1CC(C)C(F)F. The molecule has 0 bridgehead atoms. The van der Waals surface area contributed by atoms with Gasteiger partial charge in [-0.1, -0.05) is 19.1 Å². The quantitative estimate of drug-likeness (QED) is 0.672. The Hall–Kier alpha value is -0.990. The van der Waals surface area contributed by atoms with Gasteiger partial charge in [0, 0.05) is 5.92 Å². The largest absolute Gasteiger partial charge is 0.241 e. The molecule has 0 saturated heterocycles. The summed E-state index contributed by atoms with van der Waals surface area (Å²) in [6, 6.07) is 0. The lowest BCUT2D eigenvalue weighted by molar-refractivity contribution is 0.0868. The van der Waals surface area contributed by atoms with E-state index in [1.165, 1.54) is 13.0 Å². The van der Waals surface area contributed by atoms with Crippen molar-refractivity contribution in [2.45, 2.75) is 39.8 Å². The zero-order valence-electron chi connectivity index (χ0n) is 9.81. The molecule has 0 aliphatic heterocycles. The smallest absolute Gasteiger partial charge is 0.238 e. The summed E-state index contributed by atoms with van der Waals surface area (Å²) in [4.78, 5) is 0. The first kappa shape index (κ1) is 13.1. The molecule has 1 rings (SSSR count). The van der Waals surface area contributed by atoms with Crippen LogP contribution in [0.2, 0.25) is 0 Å². The normalized spacial score (nSPS) is 23.4. The molecule has 16 heavy (non-hydrogen) atoms. The second-order valence-electron chi connectivity index (χ2n) is 4.37. The minimum atomic E-state index is -2.33. The minimum absolute atomic E-state index is 0.288. The lowest BCUT2D eigenvalue weighted by Crippen LogP contribution is -2.08. The molecule has 0 aromatic rings. The third-order valence-corrected chi connectivity index (χ3v) is 2.86. The summed E-state index contributed by atoms with van der Waals surface area (Å²) in [7, 11) is 0. The Morgan fingerprint density at radius 3 is 2.44 bits per heavy atom. The van der Waals surface area contributed by atoms with Gasteiger partial charge in [0.25, 0.3) is 0 Å².